The van der Waals surface area contributed by atoms with Gasteiger partial charge in [-0.1, -0.05) is 0 Å². The third-order valence-corrected chi connectivity index (χ3v) is 3.99. The Bertz CT molecular complexity index is 416. The number of anilines is 1. The van der Waals surface area contributed by atoms with Crippen LogP contribution in [0.1, 0.15) is 26.0 Å². The van der Waals surface area contributed by atoms with Crippen LogP contribution in [0.5, 0.6) is 0 Å². The third kappa shape index (κ3) is 3.96. The monoisotopic (exact) mass is 280 g/mol. The van der Waals surface area contributed by atoms with Crippen molar-refractivity contribution < 1.29 is 4.74 Å². The normalized spacial score (nSPS) is 19.9. The number of hydrogen-bond donors (Lipinski definition) is 1. The van der Waals surface area contributed by atoms with Gasteiger partial charge in [0.25, 0.3) is 0 Å². The van der Waals surface area contributed by atoms with Crippen molar-refractivity contribution in [3.05, 3.63) is 11.9 Å². The molecule has 5 nitrogen and oxygen atoms in total. The van der Waals surface area contributed by atoms with E-state index in [4.69, 9.17) is 4.74 Å². The van der Waals surface area contributed by atoms with E-state index in [0.717, 1.165) is 30.6 Å². The molecule has 1 aromatic heterocycles. The Morgan fingerprint density at radius 1 is 1.50 bits per heavy atom. The number of hydrogen-bond acceptors (Lipinski definition) is 4. The van der Waals surface area contributed by atoms with Crippen molar-refractivity contribution in [3.8, 4) is 0 Å². The van der Waals surface area contributed by atoms with Gasteiger partial charge in [0.05, 0.1) is 12.3 Å². The summed E-state index contributed by atoms with van der Waals surface area (Å²) in [6, 6.07) is 0.656. The minimum absolute atomic E-state index is 0.656. The molecule has 0 saturated carbocycles. The smallest absolute Gasteiger partial charge is 0.203 e. The van der Waals surface area contributed by atoms with Crippen LogP contribution in [0.15, 0.2) is 6.20 Å². The molecule has 2 rings (SSSR count). The maximum Gasteiger partial charge on any atom is 0.203 e. The Balaban J connectivity index is 1.92. The number of methoxy groups -OCH3 is 1. The third-order valence-electron chi connectivity index (χ3n) is 3.99. The van der Waals surface area contributed by atoms with E-state index in [0.29, 0.717) is 12.6 Å². The van der Waals surface area contributed by atoms with Crippen LogP contribution in [-0.2, 0) is 11.3 Å². The van der Waals surface area contributed by atoms with Gasteiger partial charge in [0.15, 0.2) is 0 Å². The molecule has 0 bridgehead atoms. The maximum atomic E-state index is 5.08. The van der Waals surface area contributed by atoms with Crippen molar-refractivity contribution in [2.45, 2.75) is 39.8 Å². The minimum atomic E-state index is 0.656. The zero-order chi connectivity index (χ0) is 14.5. The van der Waals surface area contributed by atoms with Gasteiger partial charge >= 0.3 is 0 Å². The second kappa shape index (κ2) is 7.09. The first-order chi connectivity index (χ1) is 9.60. The van der Waals surface area contributed by atoms with E-state index in [2.05, 4.69) is 39.8 Å². The topological polar surface area (TPSA) is 42.3 Å². The molecule has 0 aromatic carbocycles. The molecule has 1 aromatic rings. The SMILES string of the molecule is COCCNc1nc(C)cn1CC1CCN(C(C)C)C1. The predicted octanol–water partition coefficient (Wildman–Crippen LogP) is 1.98. The Morgan fingerprint density at radius 3 is 2.95 bits per heavy atom. The van der Waals surface area contributed by atoms with E-state index in [-0.39, 0.29) is 0 Å². The molecule has 114 valence electrons. The molecular formula is C15H28N4O. The molecule has 1 atom stereocenters. The van der Waals surface area contributed by atoms with E-state index in [1.54, 1.807) is 7.11 Å². The van der Waals surface area contributed by atoms with Crippen LogP contribution in [0.25, 0.3) is 0 Å². The molecule has 0 radical (unpaired) electrons. The average molecular weight is 280 g/mol. The fourth-order valence-electron chi connectivity index (χ4n) is 2.85. The van der Waals surface area contributed by atoms with Crippen molar-refractivity contribution in [2.24, 2.45) is 5.92 Å². The van der Waals surface area contributed by atoms with Gasteiger partial charge in [-0.05, 0) is 39.7 Å². The first kappa shape index (κ1) is 15.3. The number of nitrogens with zero attached hydrogens (tertiary/aromatic N) is 3. The molecule has 1 unspecified atom stereocenters. The molecule has 0 amide bonds. The highest BCUT2D eigenvalue weighted by molar-refractivity contribution is 5.28. The molecule has 2 heterocycles. The summed E-state index contributed by atoms with van der Waals surface area (Å²) in [5, 5.41) is 3.36. The molecule has 1 aliphatic rings. The second-order valence-corrected chi connectivity index (χ2v) is 6.02. The molecular weight excluding hydrogens is 252 g/mol. The summed E-state index contributed by atoms with van der Waals surface area (Å²) < 4.78 is 7.34. The molecule has 20 heavy (non-hydrogen) atoms. The van der Waals surface area contributed by atoms with E-state index in [1.165, 1.54) is 19.5 Å². The first-order valence-corrected chi connectivity index (χ1v) is 7.60. The van der Waals surface area contributed by atoms with E-state index in [9.17, 15) is 0 Å². The zero-order valence-corrected chi connectivity index (χ0v) is 13.2. The summed E-state index contributed by atoms with van der Waals surface area (Å²) in [4.78, 5) is 7.12. The van der Waals surface area contributed by atoms with Gasteiger partial charge in [0.2, 0.25) is 5.95 Å². The van der Waals surface area contributed by atoms with E-state index >= 15 is 0 Å². The van der Waals surface area contributed by atoms with Gasteiger partial charge in [-0.25, -0.2) is 4.98 Å². The summed E-state index contributed by atoms with van der Waals surface area (Å²) in [5.74, 6) is 1.71. The Labute approximate surface area is 122 Å². The van der Waals surface area contributed by atoms with Crippen molar-refractivity contribution in [3.63, 3.8) is 0 Å². The highest BCUT2D eigenvalue weighted by Crippen LogP contribution is 2.22. The van der Waals surface area contributed by atoms with Gasteiger partial charge in [-0.2, -0.15) is 0 Å². The molecule has 0 aliphatic carbocycles. The molecule has 1 saturated heterocycles. The molecule has 1 aliphatic heterocycles. The Hall–Kier alpha value is -1.07. The average Bonchev–Trinajstić information content (AvgIpc) is 2.98. The maximum absolute atomic E-state index is 5.08. The highest BCUT2D eigenvalue weighted by atomic mass is 16.5. The molecule has 1 N–H and O–H groups in total. The summed E-state index contributed by atoms with van der Waals surface area (Å²) >= 11 is 0. The number of rotatable bonds is 7. The molecule has 5 heteroatoms. The van der Waals surface area contributed by atoms with Crippen LogP contribution in [0.3, 0.4) is 0 Å². The standard InChI is InChI=1S/C15H28N4O/c1-12(2)18-7-5-14(10-18)11-19-9-13(3)17-15(19)16-6-8-20-4/h9,12,14H,5-8,10-11H2,1-4H3,(H,16,17). The number of ether oxygens (including phenoxy) is 1. The highest BCUT2D eigenvalue weighted by Gasteiger charge is 2.25. The van der Waals surface area contributed by atoms with Crippen LogP contribution in [0.4, 0.5) is 5.95 Å². The van der Waals surface area contributed by atoms with Gasteiger partial charge in [0.1, 0.15) is 0 Å². The van der Waals surface area contributed by atoms with Gasteiger partial charge in [0, 0.05) is 39.0 Å². The summed E-state index contributed by atoms with van der Waals surface area (Å²) in [5.41, 5.74) is 1.07. The van der Waals surface area contributed by atoms with E-state index < -0.39 is 0 Å². The lowest BCUT2D eigenvalue weighted by Gasteiger charge is -2.20. The molecule has 1 fully saturated rings. The van der Waals surface area contributed by atoms with Gasteiger partial charge in [-0.15, -0.1) is 0 Å². The predicted molar refractivity (Wildman–Crippen MR) is 82.1 cm³/mol. The number of likely N-dealkylation sites (tertiary alicyclic amines) is 1. The van der Waals surface area contributed by atoms with Crippen molar-refractivity contribution in [1.82, 2.24) is 14.5 Å². The Kier molecular flexibility index (Phi) is 5.43. The number of aromatic nitrogens is 2. The van der Waals surface area contributed by atoms with Crippen LogP contribution >= 0.6 is 0 Å². The summed E-state index contributed by atoms with van der Waals surface area (Å²) in [6.07, 6.45) is 3.43. The quantitative estimate of drug-likeness (QED) is 0.776. The second-order valence-electron chi connectivity index (χ2n) is 6.02. The molecule has 0 spiro atoms. The van der Waals surface area contributed by atoms with Crippen LogP contribution in [0, 0.1) is 12.8 Å². The zero-order valence-electron chi connectivity index (χ0n) is 13.2. The van der Waals surface area contributed by atoms with Crippen molar-refractivity contribution in [1.29, 1.82) is 0 Å². The lowest BCUT2D eigenvalue weighted by atomic mass is 10.1. The number of nitrogens with one attached hydrogen (secondary N) is 1. The van der Waals surface area contributed by atoms with Crippen LogP contribution in [0.2, 0.25) is 0 Å². The lowest BCUT2D eigenvalue weighted by molar-refractivity contribution is 0.210. The summed E-state index contributed by atoms with van der Waals surface area (Å²) in [6.45, 7) is 11.6. The van der Waals surface area contributed by atoms with Crippen molar-refractivity contribution >= 4 is 5.95 Å². The van der Waals surface area contributed by atoms with Crippen LogP contribution < -0.4 is 5.32 Å². The lowest BCUT2D eigenvalue weighted by Crippen LogP contribution is -2.28. The van der Waals surface area contributed by atoms with Crippen LogP contribution in [-0.4, -0.2) is 53.8 Å². The largest absolute Gasteiger partial charge is 0.383 e. The number of imidazole rings is 1. The van der Waals surface area contributed by atoms with Gasteiger partial charge in [-0.3, -0.25) is 0 Å². The summed E-state index contributed by atoms with van der Waals surface area (Å²) in [7, 11) is 1.72. The fourth-order valence-corrected chi connectivity index (χ4v) is 2.85. The fraction of sp³-hybridized carbons (Fsp3) is 0.800. The van der Waals surface area contributed by atoms with E-state index in [1.807, 2.05) is 6.92 Å². The Morgan fingerprint density at radius 2 is 2.30 bits per heavy atom. The first-order valence-electron chi connectivity index (χ1n) is 7.60. The van der Waals surface area contributed by atoms with Gasteiger partial charge < -0.3 is 19.5 Å². The number of aryl methyl sites for hydroxylation is 1. The van der Waals surface area contributed by atoms with Crippen molar-refractivity contribution in [2.75, 3.05) is 38.7 Å². The minimum Gasteiger partial charge on any atom is -0.383 e.